The Hall–Kier alpha value is -3.39. The molecule has 2 aromatic carbocycles. The molecule has 0 aliphatic carbocycles. The number of benzene rings is 2. The van der Waals surface area contributed by atoms with E-state index in [1.54, 1.807) is 0 Å². The SMILES string of the molecule is C=Cc1cccc(NC\C(N=C(C)c2ccc(C)cc2)=C(C)/C=C\C=C/C)c1/C=C\C. The van der Waals surface area contributed by atoms with Gasteiger partial charge in [-0.1, -0.05) is 91.1 Å². The molecule has 2 aromatic rings. The number of allylic oxidation sites excluding steroid dienone is 6. The third kappa shape index (κ3) is 7.11. The first-order valence-corrected chi connectivity index (χ1v) is 10.7. The highest BCUT2D eigenvalue weighted by Crippen LogP contribution is 2.24. The zero-order valence-corrected chi connectivity index (χ0v) is 19.4. The van der Waals surface area contributed by atoms with Gasteiger partial charge in [0.25, 0.3) is 0 Å². The highest BCUT2D eigenvalue weighted by atomic mass is 14.9. The van der Waals surface area contributed by atoms with Crippen LogP contribution in [0.1, 0.15) is 49.9 Å². The Morgan fingerprint density at radius 3 is 2.39 bits per heavy atom. The van der Waals surface area contributed by atoms with Gasteiger partial charge in [0.05, 0.1) is 12.2 Å². The van der Waals surface area contributed by atoms with Crippen LogP contribution in [0.4, 0.5) is 5.69 Å². The summed E-state index contributed by atoms with van der Waals surface area (Å²) in [5.74, 6) is 0. The van der Waals surface area contributed by atoms with Gasteiger partial charge in [0.15, 0.2) is 0 Å². The van der Waals surface area contributed by atoms with Gasteiger partial charge in [-0.05, 0) is 57.4 Å². The number of rotatable bonds is 9. The van der Waals surface area contributed by atoms with Gasteiger partial charge in [-0.2, -0.15) is 0 Å². The summed E-state index contributed by atoms with van der Waals surface area (Å²) in [4.78, 5) is 5.01. The van der Waals surface area contributed by atoms with E-state index in [4.69, 9.17) is 4.99 Å². The van der Waals surface area contributed by atoms with Crippen molar-refractivity contribution < 1.29 is 0 Å². The van der Waals surface area contributed by atoms with Gasteiger partial charge in [0.2, 0.25) is 0 Å². The fraction of sp³-hybridized carbons (Fsp3) is 0.207. The van der Waals surface area contributed by atoms with E-state index >= 15 is 0 Å². The molecule has 0 amide bonds. The van der Waals surface area contributed by atoms with Crippen molar-refractivity contribution in [3.8, 4) is 0 Å². The first-order valence-electron chi connectivity index (χ1n) is 10.7. The predicted molar refractivity (Wildman–Crippen MR) is 140 cm³/mol. The van der Waals surface area contributed by atoms with Gasteiger partial charge in [0, 0.05) is 17.0 Å². The van der Waals surface area contributed by atoms with Gasteiger partial charge in [0.1, 0.15) is 0 Å². The molecule has 1 N–H and O–H groups in total. The molecule has 2 heteroatoms. The van der Waals surface area contributed by atoms with E-state index in [1.807, 2.05) is 32.1 Å². The number of aryl methyl sites for hydroxylation is 1. The number of nitrogens with one attached hydrogen (secondary N) is 1. The second kappa shape index (κ2) is 12.3. The molecule has 2 rings (SSSR count). The predicted octanol–water partition coefficient (Wildman–Crippen LogP) is 8.00. The van der Waals surface area contributed by atoms with Crippen molar-refractivity contribution in [2.75, 3.05) is 11.9 Å². The van der Waals surface area contributed by atoms with Crippen molar-refractivity contribution in [1.82, 2.24) is 0 Å². The van der Waals surface area contributed by atoms with Crippen molar-refractivity contribution in [2.24, 2.45) is 4.99 Å². The normalized spacial score (nSPS) is 13.3. The zero-order valence-electron chi connectivity index (χ0n) is 19.4. The molecule has 0 saturated carbocycles. The largest absolute Gasteiger partial charge is 0.379 e. The quantitative estimate of drug-likeness (QED) is 0.329. The van der Waals surface area contributed by atoms with Crippen molar-refractivity contribution >= 4 is 23.6 Å². The maximum Gasteiger partial charge on any atom is 0.0627 e. The molecule has 0 heterocycles. The molecule has 0 atom stereocenters. The van der Waals surface area contributed by atoms with Gasteiger partial charge >= 0.3 is 0 Å². The van der Waals surface area contributed by atoms with Crippen molar-refractivity contribution in [3.63, 3.8) is 0 Å². The van der Waals surface area contributed by atoms with Crippen LogP contribution in [0.2, 0.25) is 0 Å². The molecule has 0 aliphatic heterocycles. The van der Waals surface area contributed by atoms with Crippen LogP contribution in [-0.4, -0.2) is 12.3 Å². The Kier molecular flexibility index (Phi) is 9.51. The van der Waals surface area contributed by atoms with Crippen LogP contribution in [0.5, 0.6) is 0 Å². The van der Waals surface area contributed by atoms with E-state index in [-0.39, 0.29) is 0 Å². The lowest BCUT2D eigenvalue weighted by Crippen LogP contribution is -2.08. The van der Waals surface area contributed by atoms with E-state index < -0.39 is 0 Å². The third-order valence-electron chi connectivity index (χ3n) is 5.02. The van der Waals surface area contributed by atoms with Crippen LogP contribution < -0.4 is 5.32 Å². The van der Waals surface area contributed by atoms with Crippen molar-refractivity contribution in [1.29, 1.82) is 0 Å². The van der Waals surface area contributed by atoms with E-state index in [2.05, 4.69) is 99.4 Å². The highest BCUT2D eigenvalue weighted by molar-refractivity contribution is 5.99. The van der Waals surface area contributed by atoms with Crippen LogP contribution >= 0.6 is 0 Å². The van der Waals surface area contributed by atoms with Gasteiger partial charge < -0.3 is 5.32 Å². The van der Waals surface area contributed by atoms with E-state index in [9.17, 15) is 0 Å². The summed E-state index contributed by atoms with van der Waals surface area (Å²) in [6.07, 6.45) is 14.3. The molecule has 0 bridgehead atoms. The van der Waals surface area contributed by atoms with Crippen LogP contribution in [0.3, 0.4) is 0 Å². The molecule has 0 radical (unpaired) electrons. The van der Waals surface area contributed by atoms with Crippen LogP contribution in [0, 0.1) is 6.92 Å². The summed E-state index contributed by atoms with van der Waals surface area (Å²) in [5, 5.41) is 3.59. The lowest BCUT2D eigenvalue weighted by molar-refractivity contribution is 1.12. The number of nitrogens with zero attached hydrogens (tertiary/aromatic N) is 1. The van der Waals surface area contributed by atoms with Gasteiger partial charge in [-0.25, -0.2) is 0 Å². The standard InChI is InChI=1S/C29H34N2/c1-7-10-11-14-23(5)29(31-24(6)26-19-17-22(4)18-20-26)21-30-28-16-12-15-25(9-3)27(28)13-8-2/h7-20,30H,3,21H2,1-2,4-6H3/b10-7-,13-8-,14-11-,29-23+,31-24?. The summed E-state index contributed by atoms with van der Waals surface area (Å²) in [5.41, 5.74) is 8.84. The number of hydrogen-bond donors (Lipinski definition) is 1. The lowest BCUT2D eigenvalue weighted by Gasteiger charge is -2.14. The maximum atomic E-state index is 5.01. The number of anilines is 1. The Bertz CT molecular complexity index is 1030. The molecule has 0 unspecified atom stereocenters. The fourth-order valence-electron chi connectivity index (χ4n) is 3.18. The second-order valence-electron chi connectivity index (χ2n) is 7.44. The first kappa shape index (κ1) is 23.9. The topological polar surface area (TPSA) is 24.4 Å². The summed E-state index contributed by atoms with van der Waals surface area (Å²) in [7, 11) is 0. The molecule has 160 valence electrons. The van der Waals surface area contributed by atoms with Crippen LogP contribution in [-0.2, 0) is 0 Å². The maximum absolute atomic E-state index is 5.01. The number of aliphatic imine (C=N–C) groups is 1. The zero-order chi connectivity index (χ0) is 22.6. The monoisotopic (exact) mass is 410 g/mol. The molecule has 0 aliphatic rings. The average molecular weight is 411 g/mol. The van der Waals surface area contributed by atoms with E-state index in [1.165, 1.54) is 5.56 Å². The molecule has 2 nitrogen and oxygen atoms in total. The van der Waals surface area contributed by atoms with Crippen LogP contribution in [0.25, 0.3) is 12.2 Å². The average Bonchev–Trinajstić information content (AvgIpc) is 2.77. The smallest absolute Gasteiger partial charge is 0.0627 e. The van der Waals surface area contributed by atoms with E-state index in [0.29, 0.717) is 6.54 Å². The second-order valence-corrected chi connectivity index (χ2v) is 7.44. The molecule has 31 heavy (non-hydrogen) atoms. The first-order chi connectivity index (χ1) is 15.0. The fourth-order valence-corrected chi connectivity index (χ4v) is 3.18. The molecule has 0 saturated heterocycles. The molecule has 0 aromatic heterocycles. The van der Waals surface area contributed by atoms with Crippen molar-refractivity contribution in [2.45, 2.75) is 34.6 Å². The Morgan fingerprint density at radius 1 is 1.00 bits per heavy atom. The molecule has 0 fully saturated rings. The molecular formula is C29H34N2. The van der Waals surface area contributed by atoms with Gasteiger partial charge in [-0.3, -0.25) is 4.99 Å². The van der Waals surface area contributed by atoms with Crippen LogP contribution in [0.15, 0.2) is 95.7 Å². The summed E-state index contributed by atoms with van der Waals surface area (Å²) in [6, 6.07) is 14.7. The third-order valence-corrected chi connectivity index (χ3v) is 5.02. The Labute approximate surface area is 188 Å². The highest BCUT2D eigenvalue weighted by Gasteiger charge is 2.07. The minimum atomic E-state index is 0.625. The lowest BCUT2D eigenvalue weighted by atomic mass is 10.0. The minimum absolute atomic E-state index is 0.625. The van der Waals surface area contributed by atoms with Gasteiger partial charge in [-0.15, -0.1) is 0 Å². The Balaban J connectivity index is 2.41. The van der Waals surface area contributed by atoms with E-state index in [0.717, 1.165) is 39.4 Å². The number of hydrogen-bond acceptors (Lipinski definition) is 2. The molecule has 0 spiro atoms. The minimum Gasteiger partial charge on any atom is -0.379 e. The summed E-state index contributed by atoms with van der Waals surface area (Å²) < 4.78 is 0. The van der Waals surface area contributed by atoms with Crippen molar-refractivity contribution in [3.05, 3.63) is 113 Å². The Morgan fingerprint density at radius 2 is 1.74 bits per heavy atom. The summed E-state index contributed by atoms with van der Waals surface area (Å²) >= 11 is 0. The summed E-state index contributed by atoms with van der Waals surface area (Å²) in [6.45, 7) is 14.9. The molecular weight excluding hydrogens is 376 g/mol.